The molecule has 0 saturated heterocycles. The number of alkyl halides is 1. The second-order valence-corrected chi connectivity index (χ2v) is 4.87. The van der Waals surface area contributed by atoms with Crippen molar-refractivity contribution in [3.8, 4) is 12.3 Å². The molecule has 2 aromatic rings. The summed E-state index contributed by atoms with van der Waals surface area (Å²) in [6, 6.07) is 7.70. The van der Waals surface area contributed by atoms with E-state index in [1.807, 2.05) is 30.2 Å². The van der Waals surface area contributed by atoms with Crippen LogP contribution in [0.5, 0.6) is 0 Å². The smallest absolute Gasteiger partial charge is 0.212 e. The summed E-state index contributed by atoms with van der Waals surface area (Å²) in [5.74, 6) is 2.02. The van der Waals surface area contributed by atoms with Crippen LogP contribution in [0, 0.1) is 12.3 Å². The van der Waals surface area contributed by atoms with Gasteiger partial charge in [-0.3, -0.25) is 0 Å². The maximum Gasteiger partial charge on any atom is 0.212 e. The Balaban J connectivity index is 2.32. The quantitative estimate of drug-likeness (QED) is 0.572. The average molecular weight is 223 g/mol. The van der Waals surface area contributed by atoms with Crippen LogP contribution in [-0.2, 0) is 0 Å². The van der Waals surface area contributed by atoms with Gasteiger partial charge in [0.1, 0.15) is 0 Å². The van der Waals surface area contributed by atoms with Gasteiger partial charge in [0.25, 0.3) is 0 Å². The molecule has 70 valence electrons. The normalized spacial score (nSPS) is 12.6. The largest absolute Gasteiger partial charge is 0.230 e. The zero-order valence-electron chi connectivity index (χ0n) is 7.11. The van der Waals surface area contributed by atoms with Gasteiger partial charge in [-0.05, 0) is 23.9 Å². The number of nitrogens with zero attached hydrogens (tertiary/aromatic N) is 1. The monoisotopic (exact) mass is 223 g/mol. The number of para-hydroxylation sites is 1. The molecule has 14 heavy (non-hydrogen) atoms. The van der Waals surface area contributed by atoms with Crippen molar-refractivity contribution < 1.29 is 4.39 Å². The number of thioether (sulfide) groups is 1. The van der Waals surface area contributed by atoms with E-state index in [1.54, 1.807) is 0 Å². The SMILES string of the molecule is C#C[C@@H](F)Sc1nc2ccccc2s1. The van der Waals surface area contributed by atoms with Crippen LogP contribution < -0.4 is 0 Å². The standard InChI is InChI=1S/C10H6FNS2/c1-2-9(11)14-10-12-7-5-3-4-6-8(7)13-10/h1,3-6,9H/t9-/m0/s1. The van der Waals surface area contributed by atoms with Crippen LogP contribution in [0.1, 0.15) is 0 Å². The molecule has 0 fully saturated rings. The van der Waals surface area contributed by atoms with Crippen molar-refractivity contribution in [2.24, 2.45) is 0 Å². The fourth-order valence-corrected chi connectivity index (χ4v) is 2.83. The topological polar surface area (TPSA) is 12.9 Å². The highest BCUT2D eigenvalue weighted by Crippen LogP contribution is 2.31. The molecule has 1 heterocycles. The molecular weight excluding hydrogens is 217 g/mol. The average Bonchev–Trinajstić information content (AvgIpc) is 2.59. The van der Waals surface area contributed by atoms with E-state index in [2.05, 4.69) is 4.98 Å². The van der Waals surface area contributed by atoms with Gasteiger partial charge in [0.15, 0.2) is 4.34 Å². The maximum absolute atomic E-state index is 12.8. The van der Waals surface area contributed by atoms with Gasteiger partial charge in [0.2, 0.25) is 5.50 Å². The summed E-state index contributed by atoms with van der Waals surface area (Å²) >= 11 is 2.43. The number of hydrogen-bond acceptors (Lipinski definition) is 3. The summed E-state index contributed by atoms with van der Waals surface area (Å²) in [4.78, 5) is 4.25. The molecule has 1 atom stereocenters. The van der Waals surface area contributed by atoms with E-state index < -0.39 is 5.50 Å². The third-order valence-corrected chi connectivity index (χ3v) is 3.62. The predicted molar refractivity (Wildman–Crippen MR) is 59.2 cm³/mol. The first-order valence-corrected chi connectivity index (χ1v) is 5.61. The molecular formula is C10H6FNS2. The van der Waals surface area contributed by atoms with Gasteiger partial charge in [-0.15, -0.1) is 17.8 Å². The minimum absolute atomic E-state index is 0.677. The zero-order chi connectivity index (χ0) is 9.97. The Morgan fingerprint density at radius 3 is 3.00 bits per heavy atom. The molecule has 1 aromatic carbocycles. The van der Waals surface area contributed by atoms with E-state index in [1.165, 1.54) is 11.3 Å². The number of thiazole rings is 1. The third-order valence-electron chi connectivity index (χ3n) is 1.61. The Labute approximate surface area is 89.4 Å². The van der Waals surface area contributed by atoms with E-state index in [-0.39, 0.29) is 0 Å². The van der Waals surface area contributed by atoms with E-state index in [9.17, 15) is 4.39 Å². The van der Waals surface area contributed by atoms with Crippen LogP contribution in [-0.4, -0.2) is 10.5 Å². The number of terminal acetylenes is 1. The molecule has 0 radical (unpaired) electrons. The molecule has 0 saturated carbocycles. The first-order valence-electron chi connectivity index (χ1n) is 3.92. The lowest BCUT2D eigenvalue weighted by Gasteiger charge is -1.93. The lowest BCUT2D eigenvalue weighted by molar-refractivity contribution is 0.532. The van der Waals surface area contributed by atoms with E-state index in [4.69, 9.17) is 6.42 Å². The van der Waals surface area contributed by atoms with Crippen LogP contribution in [0.15, 0.2) is 28.6 Å². The Morgan fingerprint density at radius 1 is 1.50 bits per heavy atom. The maximum atomic E-state index is 12.8. The van der Waals surface area contributed by atoms with Crippen LogP contribution in [0.2, 0.25) is 0 Å². The van der Waals surface area contributed by atoms with Gasteiger partial charge in [0.05, 0.1) is 10.2 Å². The van der Waals surface area contributed by atoms with Crippen molar-refractivity contribution in [1.82, 2.24) is 4.98 Å². The minimum atomic E-state index is -1.31. The van der Waals surface area contributed by atoms with Gasteiger partial charge in [-0.1, -0.05) is 18.1 Å². The highest BCUT2D eigenvalue weighted by Gasteiger charge is 2.08. The molecule has 0 unspecified atom stereocenters. The number of aromatic nitrogens is 1. The molecule has 4 heteroatoms. The molecule has 2 rings (SSSR count). The van der Waals surface area contributed by atoms with Crippen molar-refractivity contribution in [3.63, 3.8) is 0 Å². The molecule has 0 aliphatic carbocycles. The fraction of sp³-hybridized carbons (Fsp3) is 0.100. The van der Waals surface area contributed by atoms with Crippen molar-refractivity contribution in [2.45, 2.75) is 9.84 Å². The zero-order valence-corrected chi connectivity index (χ0v) is 8.74. The number of benzene rings is 1. The van der Waals surface area contributed by atoms with E-state index in [0.717, 1.165) is 22.0 Å². The van der Waals surface area contributed by atoms with Gasteiger partial charge < -0.3 is 0 Å². The summed E-state index contributed by atoms with van der Waals surface area (Å²) in [5.41, 5.74) is -0.417. The number of fused-ring (bicyclic) bond motifs is 1. The molecule has 1 nitrogen and oxygen atoms in total. The number of halogens is 1. The van der Waals surface area contributed by atoms with Crippen LogP contribution in [0.4, 0.5) is 4.39 Å². The summed E-state index contributed by atoms with van der Waals surface area (Å²) < 4.78 is 14.6. The third kappa shape index (κ3) is 1.89. The molecule has 0 N–H and O–H groups in total. The Hall–Kier alpha value is -1.05. The predicted octanol–water partition coefficient (Wildman–Crippen LogP) is 3.32. The van der Waals surface area contributed by atoms with E-state index >= 15 is 0 Å². The highest BCUT2D eigenvalue weighted by molar-refractivity contribution is 8.01. The highest BCUT2D eigenvalue weighted by atomic mass is 32.2. The summed E-state index contributed by atoms with van der Waals surface area (Å²) in [7, 11) is 0. The van der Waals surface area contributed by atoms with Gasteiger partial charge in [0, 0.05) is 0 Å². The van der Waals surface area contributed by atoms with Crippen molar-refractivity contribution >= 4 is 33.3 Å². The van der Waals surface area contributed by atoms with Crippen molar-refractivity contribution in [2.75, 3.05) is 0 Å². The number of hydrogen-bond donors (Lipinski definition) is 0. The molecule has 0 bridgehead atoms. The van der Waals surface area contributed by atoms with Crippen molar-refractivity contribution in [3.05, 3.63) is 24.3 Å². The fourth-order valence-electron chi connectivity index (χ4n) is 1.02. The summed E-state index contributed by atoms with van der Waals surface area (Å²) in [6.45, 7) is 0. The summed E-state index contributed by atoms with van der Waals surface area (Å²) in [6.07, 6.45) is 4.95. The van der Waals surface area contributed by atoms with Crippen LogP contribution in [0.3, 0.4) is 0 Å². The Morgan fingerprint density at radius 2 is 2.29 bits per heavy atom. The molecule has 0 aliphatic rings. The first kappa shape index (κ1) is 9.50. The van der Waals surface area contributed by atoms with Crippen molar-refractivity contribution in [1.29, 1.82) is 0 Å². The lowest BCUT2D eigenvalue weighted by Crippen LogP contribution is -1.85. The van der Waals surface area contributed by atoms with Crippen LogP contribution >= 0.6 is 23.1 Å². The molecule has 0 spiro atoms. The van der Waals surface area contributed by atoms with Gasteiger partial charge >= 0.3 is 0 Å². The lowest BCUT2D eigenvalue weighted by atomic mass is 10.3. The van der Waals surface area contributed by atoms with E-state index in [0.29, 0.717) is 4.34 Å². The van der Waals surface area contributed by atoms with Gasteiger partial charge in [-0.25, -0.2) is 9.37 Å². The second kappa shape index (κ2) is 3.99. The first-order chi connectivity index (χ1) is 6.79. The Kier molecular flexibility index (Phi) is 2.71. The van der Waals surface area contributed by atoms with Crippen LogP contribution in [0.25, 0.3) is 10.2 Å². The second-order valence-electron chi connectivity index (χ2n) is 2.55. The molecule has 1 aromatic heterocycles. The molecule has 0 amide bonds. The minimum Gasteiger partial charge on any atom is -0.230 e. The summed E-state index contributed by atoms with van der Waals surface area (Å²) in [5, 5.41) is 0. The number of rotatable bonds is 2. The molecule has 0 aliphatic heterocycles. The van der Waals surface area contributed by atoms with Gasteiger partial charge in [-0.2, -0.15) is 0 Å². The Bertz CT molecular complexity index is 453.